The number of rotatable bonds is 5. The second-order valence-corrected chi connectivity index (χ2v) is 7.44. The van der Waals surface area contributed by atoms with Gasteiger partial charge in [0.2, 0.25) is 10.0 Å². The first kappa shape index (κ1) is 16.5. The van der Waals surface area contributed by atoms with Crippen molar-refractivity contribution in [2.75, 3.05) is 0 Å². The number of fused-ring (bicyclic) bond motifs is 1. The van der Waals surface area contributed by atoms with Crippen LogP contribution in [0.25, 0.3) is 5.65 Å². The van der Waals surface area contributed by atoms with Crippen LogP contribution < -0.4 is 4.72 Å². The van der Waals surface area contributed by atoms with E-state index in [4.69, 9.17) is 0 Å². The van der Waals surface area contributed by atoms with Crippen LogP contribution in [-0.4, -0.2) is 23.0 Å². The number of sulfonamides is 1. The van der Waals surface area contributed by atoms with Gasteiger partial charge < -0.3 is 0 Å². The second kappa shape index (κ2) is 6.29. The van der Waals surface area contributed by atoms with E-state index < -0.39 is 21.9 Å². The van der Waals surface area contributed by atoms with Gasteiger partial charge in [0.15, 0.2) is 11.5 Å². The Hall–Kier alpha value is -2.32. The van der Waals surface area contributed by atoms with Gasteiger partial charge in [0.1, 0.15) is 10.7 Å². The molecule has 8 heteroatoms. The molecule has 0 amide bonds. The first-order valence-electron chi connectivity index (χ1n) is 7.46. The average molecular weight is 348 g/mol. The number of halogens is 1. The maximum absolute atomic E-state index is 13.9. The van der Waals surface area contributed by atoms with E-state index in [-0.39, 0.29) is 10.8 Å². The van der Waals surface area contributed by atoms with Crippen molar-refractivity contribution in [1.29, 1.82) is 0 Å². The third kappa shape index (κ3) is 3.02. The molecule has 0 aliphatic rings. The average Bonchev–Trinajstić information content (AvgIpc) is 2.96. The molecule has 1 aromatic carbocycles. The summed E-state index contributed by atoms with van der Waals surface area (Å²) in [6, 6.07) is 10.0. The number of aromatic nitrogens is 3. The summed E-state index contributed by atoms with van der Waals surface area (Å²) in [4.78, 5) is -0.385. The van der Waals surface area contributed by atoms with Gasteiger partial charge in [-0.15, -0.1) is 10.2 Å². The molecule has 0 spiro atoms. The van der Waals surface area contributed by atoms with Crippen LogP contribution in [0.15, 0.2) is 53.6 Å². The minimum atomic E-state index is -4.04. The lowest BCUT2D eigenvalue weighted by Gasteiger charge is -2.21. The summed E-state index contributed by atoms with van der Waals surface area (Å²) in [5.74, 6) is -0.446. The van der Waals surface area contributed by atoms with Gasteiger partial charge in [-0.2, -0.15) is 0 Å². The summed E-state index contributed by atoms with van der Waals surface area (Å²) in [6.45, 7) is 3.72. The molecular weight excluding hydrogens is 331 g/mol. The van der Waals surface area contributed by atoms with Crippen molar-refractivity contribution in [3.8, 4) is 0 Å². The third-order valence-corrected chi connectivity index (χ3v) is 5.17. The highest BCUT2D eigenvalue weighted by Gasteiger charge is 2.29. The van der Waals surface area contributed by atoms with Crippen molar-refractivity contribution in [1.82, 2.24) is 19.3 Å². The van der Waals surface area contributed by atoms with E-state index in [1.165, 1.54) is 18.2 Å². The van der Waals surface area contributed by atoms with Crippen molar-refractivity contribution < 1.29 is 12.8 Å². The van der Waals surface area contributed by atoms with Crippen LogP contribution >= 0.6 is 0 Å². The molecule has 2 aromatic heterocycles. The number of nitrogens with one attached hydrogen (secondary N) is 1. The number of hydrogen-bond donors (Lipinski definition) is 1. The molecule has 0 saturated carbocycles. The van der Waals surface area contributed by atoms with Crippen LogP contribution in [0.1, 0.15) is 25.7 Å². The molecule has 0 aliphatic heterocycles. The monoisotopic (exact) mass is 348 g/mol. The summed E-state index contributed by atoms with van der Waals surface area (Å²) in [7, 11) is -4.04. The fraction of sp³-hybridized carbons (Fsp3) is 0.250. The Balaban J connectivity index is 2.03. The summed E-state index contributed by atoms with van der Waals surface area (Å²) in [6.07, 6.45) is 1.76. The van der Waals surface area contributed by atoms with E-state index in [1.54, 1.807) is 16.7 Å². The predicted molar refractivity (Wildman–Crippen MR) is 87.3 cm³/mol. The lowest BCUT2D eigenvalue weighted by Crippen LogP contribution is -2.33. The molecule has 3 rings (SSSR count). The molecular formula is C16H17FN4O2S. The minimum absolute atomic E-state index is 0.112. The summed E-state index contributed by atoms with van der Waals surface area (Å²) in [5, 5.41) is 8.16. The van der Waals surface area contributed by atoms with Crippen LogP contribution in [0, 0.1) is 11.7 Å². The first-order valence-corrected chi connectivity index (χ1v) is 8.95. The zero-order valence-electron chi connectivity index (χ0n) is 13.2. The second-order valence-electron chi connectivity index (χ2n) is 5.76. The normalized spacial score (nSPS) is 13.5. The summed E-state index contributed by atoms with van der Waals surface area (Å²) >= 11 is 0. The van der Waals surface area contributed by atoms with Gasteiger partial charge in [-0.3, -0.25) is 4.40 Å². The highest BCUT2D eigenvalue weighted by atomic mass is 32.2. The van der Waals surface area contributed by atoms with Crippen molar-refractivity contribution >= 4 is 15.7 Å². The fourth-order valence-electron chi connectivity index (χ4n) is 2.45. The Kier molecular flexibility index (Phi) is 4.33. The number of nitrogens with zero attached hydrogens (tertiary/aromatic N) is 3. The van der Waals surface area contributed by atoms with Crippen molar-refractivity contribution in [2.24, 2.45) is 5.92 Å². The van der Waals surface area contributed by atoms with Gasteiger partial charge in [0.25, 0.3) is 0 Å². The predicted octanol–water partition coefficient (Wildman–Crippen LogP) is 2.54. The van der Waals surface area contributed by atoms with E-state index in [9.17, 15) is 12.8 Å². The Morgan fingerprint density at radius 1 is 1.08 bits per heavy atom. The molecule has 0 radical (unpaired) electrons. The summed E-state index contributed by atoms with van der Waals surface area (Å²) < 4.78 is 43.3. The molecule has 3 aromatic rings. The zero-order valence-corrected chi connectivity index (χ0v) is 14.0. The number of pyridine rings is 1. The number of benzene rings is 1. The first-order chi connectivity index (χ1) is 11.4. The van der Waals surface area contributed by atoms with Crippen molar-refractivity contribution in [2.45, 2.75) is 24.8 Å². The van der Waals surface area contributed by atoms with Gasteiger partial charge in [0.05, 0.1) is 6.04 Å². The van der Waals surface area contributed by atoms with Crippen molar-refractivity contribution in [3.05, 3.63) is 60.3 Å². The van der Waals surface area contributed by atoms with Gasteiger partial charge in [-0.05, 0) is 30.2 Å². The molecule has 0 saturated heterocycles. The fourth-order valence-corrected chi connectivity index (χ4v) is 3.87. The summed E-state index contributed by atoms with van der Waals surface area (Å²) in [5.41, 5.74) is 0.614. The van der Waals surface area contributed by atoms with Crippen LogP contribution in [0.3, 0.4) is 0 Å². The van der Waals surface area contributed by atoms with E-state index in [0.717, 1.165) is 6.07 Å². The lowest BCUT2D eigenvalue weighted by atomic mass is 10.1. The molecule has 0 aliphatic carbocycles. The standard InChI is InChI=1S/C16H17FN4O2S/c1-11(2)15(16-19-18-14-9-5-6-10-21(14)16)20-24(22,23)13-8-4-3-7-12(13)17/h3-11,15,20H,1-2H3/t15-/m0/s1. The Morgan fingerprint density at radius 2 is 1.79 bits per heavy atom. The molecule has 0 fully saturated rings. The Bertz CT molecular complexity index is 969. The smallest absolute Gasteiger partial charge is 0.244 e. The quantitative estimate of drug-likeness (QED) is 0.769. The Morgan fingerprint density at radius 3 is 2.50 bits per heavy atom. The van der Waals surface area contributed by atoms with E-state index in [1.807, 2.05) is 26.0 Å². The van der Waals surface area contributed by atoms with E-state index in [2.05, 4.69) is 14.9 Å². The Labute approximate surface area is 139 Å². The molecule has 126 valence electrons. The maximum Gasteiger partial charge on any atom is 0.244 e. The molecule has 0 unspecified atom stereocenters. The lowest BCUT2D eigenvalue weighted by molar-refractivity contribution is 0.439. The van der Waals surface area contributed by atoms with Crippen LogP contribution in [0.2, 0.25) is 0 Å². The van der Waals surface area contributed by atoms with Crippen LogP contribution in [0.4, 0.5) is 4.39 Å². The molecule has 24 heavy (non-hydrogen) atoms. The highest BCUT2D eigenvalue weighted by molar-refractivity contribution is 7.89. The SMILES string of the molecule is CC(C)[C@H](NS(=O)(=O)c1ccccc1F)c1nnc2ccccn12. The zero-order chi connectivity index (χ0) is 17.3. The topological polar surface area (TPSA) is 76.4 Å². The molecule has 0 bridgehead atoms. The largest absolute Gasteiger partial charge is 0.285 e. The third-order valence-electron chi connectivity index (χ3n) is 3.69. The molecule has 1 N–H and O–H groups in total. The van der Waals surface area contributed by atoms with E-state index >= 15 is 0 Å². The van der Waals surface area contributed by atoms with Gasteiger partial charge in [0, 0.05) is 6.20 Å². The van der Waals surface area contributed by atoms with Gasteiger partial charge >= 0.3 is 0 Å². The molecule has 1 atom stereocenters. The minimum Gasteiger partial charge on any atom is -0.285 e. The van der Waals surface area contributed by atoms with Crippen LogP contribution in [0.5, 0.6) is 0 Å². The maximum atomic E-state index is 13.9. The highest BCUT2D eigenvalue weighted by Crippen LogP contribution is 2.24. The van der Waals surface area contributed by atoms with Gasteiger partial charge in [-0.25, -0.2) is 17.5 Å². The van der Waals surface area contributed by atoms with Crippen LogP contribution in [-0.2, 0) is 10.0 Å². The number of hydrogen-bond acceptors (Lipinski definition) is 4. The van der Waals surface area contributed by atoms with Crippen molar-refractivity contribution in [3.63, 3.8) is 0 Å². The van der Waals surface area contributed by atoms with E-state index in [0.29, 0.717) is 11.5 Å². The molecule has 2 heterocycles. The van der Waals surface area contributed by atoms with Gasteiger partial charge in [-0.1, -0.05) is 32.0 Å². The molecule has 6 nitrogen and oxygen atoms in total.